The van der Waals surface area contributed by atoms with E-state index in [2.05, 4.69) is 9.38 Å². The van der Waals surface area contributed by atoms with E-state index >= 15 is 0 Å². The van der Waals surface area contributed by atoms with E-state index < -0.39 is 0 Å². The first kappa shape index (κ1) is 12.7. The second-order valence-electron chi connectivity index (χ2n) is 2.30. The molecule has 0 saturated carbocycles. The number of aryl methyl sites for hydroxylation is 1. The van der Waals surface area contributed by atoms with E-state index in [-0.39, 0.29) is 0 Å². The van der Waals surface area contributed by atoms with Crippen LogP contribution in [0.5, 0.6) is 0 Å². The summed E-state index contributed by atoms with van der Waals surface area (Å²) in [6, 6.07) is 6.05. The molecule has 0 aliphatic carbocycles. The van der Waals surface area contributed by atoms with E-state index in [1.165, 1.54) is 0 Å². The smallest absolute Gasteiger partial charge is 0.110 e. The zero-order chi connectivity index (χ0) is 11.0. The maximum absolute atomic E-state index is 4.16. The van der Waals surface area contributed by atoms with Crippen molar-refractivity contribution in [2.75, 3.05) is 0 Å². The molecule has 0 fully saturated rings. The standard InChI is InChI=1S/C8H8N2.2C2H6/c1-7-9-6-8-4-2-3-5-10(7)8;2*1-2/h2-6H,1H3;2*1-2H3. The van der Waals surface area contributed by atoms with E-state index in [1.807, 2.05) is 65.2 Å². The van der Waals surface area contributed by atoms with Gasteiger partial charge in [-0.05, 0) is 19.1 Å². The predicted octanol–water partition coefficient (Wildman–Crippen LogP) is 3.70. The van der Waals surface area contributed by atoms with E-state index in [9.17, 15) is 0 Å². The van der Waals surface area contributed by atoms with Crippen molar-refractivity contribution in [1.29, 1.82) is 0 Å². The maximum atomic E-state index is 4.16. The first-order valence-corrected chi connectivity index (χ1v) is 5.26. The van der Waals surface area contributed by atoms with Crippen molar-refractivity contribution in [1.82, 2.24) is 9.38 Å². The molecule has 2 nitrogen and oxygen atoms in total. The Bertz CT molecular complexity index is 350. The van der Waals surface area contributed by atoms with E-state index in [0.717, 1.165) is 11.3 Å². The van der Waals surface area contributed by atoms with E-state index in [0.29, 0.717) is 0 Å². The van der Waals surface area contributed by atoms with Crippen LogP contribution in [-0.2, 0) is 0 Å². The minimum atomic E-state index is 1.04. The average Bonchev–Trinajstić information content (AvgIpc) is 2.67. The number of hydrogen-bond donors (Lipinski definition) is 0. The molecule has 0 bridgehead atoms. The fourth-order valence-electron chi connectivity index (χ4n) is 1.08. The second kappa shape index (κ2) is 7.13. The number of pyridine rings is 1. The number of imidazole rings is 1. The summed E-state index contributed by atoms with van der Waals surface area (Å²) in [5.41, 5.74) is 1.15. The van der Waals surface area contributed by atoms with Gasteiger partial charge in [0.1, 0.15) is 5.82 Å². The third-order valence-corrected chi connectivity index (χ3v) is 1.62. The maximum Gasteiger partial charge on any atom is 0.110 e. The topological polar surface area (TPSA) is 17.3 Å². The van der Waals surface area contributed by atoms with Gasteiger partial charge in [-0.2, -0.15) is 0 Å². The Hall–Kier alpha value is -1.31. The number of fused-ring (bicyclic) bond motifs is 1. The summed E-state index contributed by atoms with van der Waals surface area (Å²) in [6.07, 6.45) is 3.88. The van der Waals surface area contributed by atoms with Crippen LogP contribution < -0.4 is 0 Å². The monoisotopic (exact) mass is 192 g/mol. The highest BCUT2D eigenvalue weighted by atomic mass is 15.0. The molecule has 0 aliphatic heterocycles. The van der Waals surface area contributed by atoms with Crippen molar-refractivity contribution < 1.29 is 0 Å². The van der Waals surface area contributed by atoms with Crippen LogP contribution in [0.4, 0.5) is 0 Å². The largest absolute Gasteiger partial charge is 0.304 e. The van der Waals surface area contributed by atoms with Crippen LogP contribution in [0.3, 0.4) is 0 Å². The molecule has 2 rings (SSSR count). The molecule has 0 N–H and O–H groups in total. The number of aromatic nitrogens is 2. The lowest BCUT2D eigenvalue weighted by atomic mass is 10.4. The molecule has 0 radical (unpaired) electrons. The van der Waals surface area contributed by atoms with Crippen molar-refractivity contribution in [3.8, 4) is 0 Å². The Kier molecular flexibility index (Phi) is 6.46. The van der Waals surface area contributed by atoms with Gasteiger partial charge in [0.15, 0.2) is 0 Å². The Morgan fingerprint density at radius 2 is 1.71 bits per heavy atom. The van der Waals surface area contributed by atoms with Crippen LogP contribution in [0, 0.1) is 6.92 Å². The summed E-state index contributed by atoms with van der Waals surface area (Å²) in [5.74, 6) is 1.04. The molecule has 0 aliphatic rings. The minimum absolute atomic E-state index is 1.04. The Morgan fingerprint density at radius 3 is 2.29 bits per heavy atom. The number of hydrogen-bond acceptors (Lipinski definition) is 1. The second-order valence-corrected chi connectivity index (χ2v) is 2.30. The molecule has 2 aromatic heterocycles. The molecule has 14 heavy (non-hydrogen) atoms. The highest BCUT2D eigenvalue weighted by Crippen LogP contribution is 2.03. The van der Waals surface area contributed by atoms with Gasteiger partial charge in [0.2, 0.25) is 0 Å². The third-order valence-electron chi connectivity index (χ3n) is 1.62. The van der Waals surface area contributed by atoms with Crippen LogP contribution in [0.25, 0.3) is 5.52 Å². The molecule has 0 aromatic carbocycles. The zero-order valence-electron chi connectivity index (χ0n) is 9.78. The fourth-order valence-corrected chi connectivity index (χ4v) is 1.08. The lowest BCUT2D eigenvalue weighted by Crippen LogP contribution is -1.84. The summed E-state index contributed by atoms with van der Waals surface area (Å²) in [5, 5.41) is 0. The summed E-state index contributed by atoms with van der Waals surface area (Å²) in [7, 11) is 0. The molecule has 0 amide bonds. The molecule has 0 spiro atoms. The van der Waals surface area contributed by atoms with Crippen molar-refractivity contribution in [2.45, 2.75) is 34.6 Å². The van der Waals surface area contributed by atoms with Gasteiger partial charge >= 0.3 is 0 Å². The van der Waals surface area contributed by atoms with Crippen LogP contribution >= 0.6 is 0 Å². The van der Waals surface area contributed by atoms with Crippen LogP contribution in [0.15, 0.2) is 30.6 Å². The molecule has 0 atom stereocenters. The average molecular weight is 192 g/mol. The van der Waals surface area contributed by atoms with Crippen molar-refractivity contribution in [2.24, 2.45) is 0 Å². The van der Waals surface area contributed by atoms with Crippen molar-refractivity contribution in [3.63, 3.8) is 0 Å². The third kappa shape index (κ3) is 2.87. The van der Waals surface area contributed by atoms with E-state index in [1.54, 1.807) is 0 Å². The Labute approximate surface area is 86.6 Å². The van der Waals surface area contributed by atoms with Crippen LogP contribution in [0.2, 0.25) is 0 Å². The summed E-state index contributed by atoms with van der Waals surface area (Å²) in [4.78, 5) is 4.16. The Morgan fingerprint density at radius 1 is 1.07 bits per heavy atom. The summed E-state index contributed by atoms with van der Waals surface area (Å²) < 4.78 is 2.06. The van der Waals surface area contributed by atoms with E-state index in [4.69, 9.17) is 0 Å². The van der Waals surface area contributed by atoms with Gasteiger partial charge in [0, 0.05) is 6.20 Å². The molecular weight excluding hydrogens is 172 g/mol. The molecule has 78 valence electrons. The number of rotatable bonds is 0. The normalized spacial score (nSPS) is 8.36. The zero-order valence-corrected chi connectivity index (χ0v) is 9.78. The number of nitrogens with zero attached hydrogens (tertiary/aromatic N) is 2. The van der Waals surface area contributed by atoms with Gasteiger partial charge in [0.25, 0.3) is 0 Å². The first-order valence-electron chi connectivity index (χ1n) is 5.26. The Balaban J connectivity index is 0.000000379. The van der Waals surface area contributed by atoms with Gasteiger partial charge in [-0.15, -0.1) is 0 Å². The van der Waals surface area contributed by atoms with Gasteiger partial charge in [0.05, 0.1) is 11.7 Å². The molecule has 2 heterocycles. The van der Waals surface area contributed by atoms with Crippen molar-refractivity contribution >= 4 is 5.52 Å². The van der Waals surface area contributed by atoms with Crippen LogP contribution in [-0.4, -0.2) is 9.38 Å². The van der Waals surface area contributed by atoms with Crippen molar-refractivity contribution in [3.05, 3.63) is 36.4 Å². The molecule has 0 saturated heterocycles. The minimum Gasteiger partial charge on any atom is -0.304 e. The first-order chi connectivity index (χ1) is 6.88. The SMILES string of the molecule is CC.CC.Cc1ncc2ccccn12. The van der Waals surface area contributed by atoms with Gasteiger partial charge in [-0.3, -0.25) is 0 Å². The quantitative estimate of drug-likeness (QED) is 0.622. The molecule has 2 aromatic rings. The van der Waals surface area contributed by atoms with Gasteiger partial charge in [-0.1, -0.05) is 33.8 Å². The molecular formula is C12H20N2. The lowest BCUT2D eigenvalue weighted by Gasteiger charge is -1.91. The van der Waals surface area contributed by atoms with Gasteiger partial charge < -0.3 is 4.40 Å². The molecule has 0 unspecified atom stereocenters. The predicted molar refractivity (Wildman–Crippen MR) is 62.6 cm³/mol. The highest BCUT2D eigenvalue weighted by Gasteiger charge is 1.93. The summed E-state index contributed by atoms with van der Waals surface area (Å²) in [6.45, 7) is 9.99. The fraction of sp³-hybridized carbons (Fsp3) is 0.417. The highest BCUT2D eigenvalue weighted by molar-refractivity contribution is 5.45. The molecule has 2 heteroatoms. The lowest BCUT2D eigenvalue weighted by molar-refractivity contribution is 1.04. The summed E-state index contributed by atoms with van der Waals surface area (Å²) >= 11 is 0. The van der Waals surface area contributed by atoms with Gasteiger partial charge in [-0.25, -0.2) is 4.98 Å². The van der Waals surface area contributed by atoms with Crippen LogP contribution in [0.1, 0.15) is 33.5 Å².